The number of fused-ring (bicyclic) bond motifs is 1. The molecule has 0 spiro atoms. The van der Waals surface area contributed by atoms with Gasteiger partial charge in [-0.05, 0) is 13.8 Å². The van der Waals surface area contributed by atoms with Gasteiger partial charge < -0.3 is 10.3 Å². The first-order chi connectivity index (χ1) is 8.13. The maximum absolute atomic E-state index is 5.68. The van der Waals surface area contributed by atoms with Crippen LogP contribution in [0.4, 0.5) is 5.13 Å². The predicted molar refractivity (Wildman–Crippen MR) is 65.5 cm³/mol. The highest BCUT2D eigenvalue weighted by Gasteiger charge is 2.24. The first-order valence-electron chi connectivity index (χ1n) is 5.51. The van der Waals surface area contributed by atoms with Crippen LogP contribution in [-0.4, -0.2) is 15.0 Å². The van der Waals surface area contributed by atoms with Crippen LogP contribution in [0.2, 0.25) is 0 Å². The quantitative estimate of drug-likeness (QED) is 0.881. The van der Waals surface area contributed by atoms with Gasteiger partial charge in [0, 0.05) is 30.1 Å². The van der Waals surface area contributed by atoms with Gasteiger partial charge in [0.25, 0.3) is 0 Å². The lowest BCUT2D eigenvalue weighted by atomic mass is 10.2. The van der Waals surface area contributed by atoms with Crippen molar-refractivity contribution in [1.82, 2.24) is 15.0 Å². The number of aromatic nitrogens is 2. The molecule has 0 aliphatic carbocycles. The molecule has 6 heteroatoms. The average molecular weight is 250 g/mol. The molecule has 0 saturated carbocycles. The van der Waals surface area contributed by atoms with Gasteiger partial charge in [-0.2, -0.15) is 0 Å². The molecule has 0 radical (unpaired) electrons. The molecule has 90 valence electrons. The number of anilines is 1. The zero-order chi connectivity index (χ0) is 12.0. The molecule has 3 rings (SSSR count). The van der Waals surface area contributed by atoms with E-state index in [9.17, 15) is 0 Å². The molecule has 1 aliphatic rings. The van der Waals surface area contributed by atoms with Gasteiger partial charge in [-0.1, -0.05) is 5.16 Å². The summed E-state index contributed by atoms with van der Waals surface area (Å²) in [6, 6.07) is 0. The molecule has 5 nitrogen and oxygen atoms in total. The lowest BCUT2D eigenvalue weighted by Crippen LogP contribution is -2.16. The Balaban J connectivity index is 1.76. The highest BCUT2D eigenvalue weighted by Crippen LogP contribution is 2.30. The Hall–Kier alpha value is -1.40. The average Bonchev–Trinajstić information content (AvgIpc) is 2.86. The maximum Gasteiger partial charge on any atom is 0.180 e. The fourth-order valence-corrected chi connectivity index (χ4v) is 3.07. The van der Waals surface area contributed by atoms with Crippen molar-refractivity contribution in [2.45, 2.75) is 33.5 Å². The molecule has 2 aromatic rings. The van der Waals surface area contributed by atoms with Crippen LogP contribution in [0, 0.1) is 13.8 Å². The minimum absolute atomic E-state index is 0.673. The minimum Gasteiger partial charge on any atom is -0.375 e. The van der Waals surface area contributed by atoms with Gasteiger partial charge in [0.05, 0.1) is 11.4 Å². The van der Waals surface area contributed by atoms with E-state index in [0.29, 0.717) is 5.13 Å². The van der Waals surface area contributed by atoms with Gasteiger partial charge in [-0.25, -0.2) is 4.98 Å². The Morgan fingerprint density at radius 1 is 1.41 bits per heavy atom. The van der Waals surface area contributed by atoms with Crippen LogP contribution in [0.3, 0.4) is 0 Å². The van der Waals surface area contributed by atoms with Gasteiger partial charge in [0.2, 0.25) is 0 Å². The van der Waals surface area contributed by atoms with E-state index in [1.54, 1.807) is 11.3 Å². The summed E-state index contributed by atoms with van der Waals surface area (Å²) < 4.78 is 5.17. The number of rotatable bonds is 2. The number of nitrogens with zero attached hydrogens (tertiary/aromatic N) is 3. The van der Waals surface area contributed by atoms with Crippen molar-refractivity contribution in [1.29, 1.82) is 0 Å². The van der Waals surface area contributed by atoms with E-state index in [2.05, 4.69) is 15.0 Å². The monoisotopic (exact) mass is 250 g/mol. The predicted octanol–water partition coefficient (Wildman–Crippen LogP) is 1.85. The Kier molecular flexibility index (Phi) is 2.41. The summed E-state index contributed by atoms with van der Waals surface area (Å²) in [5.41, 5.74) is 8.97. The molecule has 0 saturated heterocycles. The number of aryl methyl sites for hydroxylation is 2. The van der Waals surface area contributed by atoms with Crippen molar-refractivity contribution < 1.29 is 4.52 Å². The summed E-state index contributed by atoms with van der Waals surface area (Å²) in [6.07, 6.45) is 0. The van der Waals surface area contributed by atoms with E-state index < -0.39 is 0 Å². The number of nitrogen functional groups attached to an aromatic ring is 1. The zero-order valence-corrected chi connectivity index (χ0v) is 10.7. The summed E-state index contributed by atoms with van der Waals surface area (Å²) in [7, 11) is 0. The molecule has 2 N–H and O–H groups in total. The van der Waals surface area contributed by atoms with E-state index in [1.165, 1.54) is 10.4 Å². The van der Waals surface area contributed by atoms with E-state index in [1.807, 2.05) is 13.8 Å². The second-order valence-corrected chi connectivity index (χ2v) is 5.49. The van der Waals surface area contributed by atoms with Crippen LogP contribution in [0.5, 0.6) is 0 Å². The molecule has 17 heavy (non-hydrogen) atoms. The SMILES string of the molecule is Cc1noc(C)c1CN1Cc2nc(N)sc2C1. The molecular formula is C11H14N4OS. The molecule has 0 unspecified atom stereocenters. The smallest absolute Gasteiger partial charge is 0.180 e. The van der Waals surface area contributed by atoms with Gasteiger partial charge in [0.1, 0.15) is 5.76 Å². The fraction of sp³-hybridized carbons (Fsp3) is 0.455. The third-order valence-corrected chi connectivity index (χ3v) is 4.01. The molecule has 0 bridgehead atoms. The molecule has 0 fully saturated rings. The summed E-state index contributed by atoms with van der Waals surface area (Å²) in [6.45, 7) is 6.59. The van der Waals surface area contributed by atoms with Gasteiger partial charge in [-0.3, -0.25) is 4.90 Å². The molecule has 2 aromatic heterocycles. The number of nitrogens with two attached hydrogens (primary N) is 1. The molecular weight excluding hydrogens is 236 g/mol. The van der Waals surface area contributed by atoms with Crippen molar-refractivity contribution in [3.05, 3.63) is 27.6 Å². The summed E-state index contributed by atoms with van der Waals surface area (Å²) >= 11 is 1.59. The standard InChI is InChI=1S/C11H14N4OS/c1-6-8(7(2)16-14-6)3-15-4-9-10(5-15)17-11(12)13-9/h3-5H2,1-2H3,(H2,12,13). The van der Waals surface area contributed by atoms with Crippen LogP contribution in [-0.2, 0) is 19.6 Å². The second-order valence-electron chi connectivity index (χ2n) is 4.37. The van der Waals surface area contributed by atoms with Crippen molar-refractivity contribution in [2.75, 3.05) is 5.73 Å². The fourth-order valence-electron chi connectivity index (χ4n) is 2.18. The lowest BCUT2D eigenvalue weighted by Gasteiger charge is -2.13. The first kappa shape index (κ1) is 10.7. The Bertz CT molecular complexity index is 517. The summed E-state index contributed by atoms with van der Waals surface area (Å²) in [5, 5.41) is 4.65. The molecule has 0 amide bonds. The summed E-state index contributed by atoms with van der Waals surface area (Å²) in [4.78, 5) is 7.95. The summed E-state index contributed by atoms with van der Waals surface area (Å²) in [5.74, 6) is 0.908. The topological polar surface area (TPSA) is 68.2 Å². The van der Waals surface area contributed by atoms with E-state index in [0.717, 1.165) is 36.8 Å². The van der Waals surface area contributed by atoms with E-state index in [-0.39, 0.29) is 0 Å². The van der Waals surface area contributed by atoms with Crippen molar-refractivity contribution >= 4 is 16.5 Å². The van der Waals surface area contributed by atoms with Gasteiger partial charge >= 0.3 is 0 Å². The van der Waals surface area contributed by atoms with Crippen molar-refractivity contribution in [3.8, 4) is 0 Å². The zero-order valence-electron chi connectivity index (χ0n) is 9.86. The first-order valence-corrected chi connectivity index (χ1v) is 6.33. The second kappa shape index (κ2) is 3.82. The molecule has 1 aliphatic heterocycles. The minimum atomic E-state index is 0.673. The van der Waals surface area contributed by atoms with E-state index in [4.69, 9.17) is 10.3 Å². The van der Waals surface area contributed by atoms with Crippen LogP contribution < -0.4 is 5.73 Å². The number of hydrogen-bond acceptors (Lipinski definition) is 6. The Morgan fingerprint density at radius 3 is 2.88 bits per heavy atom. The van der Waals surface area contributed by atoms with Crippen molar-refractivity contribution in [2.24, 2.45) is 0 Å². The number of hydrogen-bond donors (Lipinski definition) is 1. The Labute approximate surface area is 103 Å². The number of thiazole rings is 1. The Morgan fingerprint density at radius 2 is 2.24 bits per heavy atom. The van der Waals surface area contributed by atoms with Crippen LogP contribution >= 0.6 is 11.3 Å². The van der Waals surface area contributed by atoms with Crippen LogP contribution in [0.15, 0.2) is 4.52 Å². The third-order valence-electron chi connectivity index (χ3n) is 3.10. The van der Waals surface area contributed by atoms with E-state index >= 15 is 0 Å². The van der Waals surface area contributed by atoms with Gasteiger partial charge in [-0.15, -0.1) is 11.3 Å². The molecule has 0 aromatic carbocycles. The molecule has 3 heterocycles. The lowest BCUT2D eigenvalue weighted by molar-refractivity contribution is 0.272. The van der Waals surface area contributed by atoms with Crippen LogP contribution in [0.1, 0.15) is 27.6 Å². The van der Waals surface area contributed by atoms with Crippen molar-refractivity contribution in [3.63, 3.8) is 0 Å². The highest BCUT2D eigenvalue weighted by atomic mass is 32.1. The largest absolute Gasteiger partial charge is 0.375 e. The normalized spacial score (nSPS) is 15.4. The van der Waals surface area contributed by atoms with Gasteiger partial charge in [0.15, 0.2) is 5.13 Å². The highest BCUT2D eigenvalue weighted by molar-refractivity contribution is 7.15. The third kappa shape index (κ3) is 1.83. The van der Waals surface area contributed by atoms with Crippen LogP contribution in [0.25, 0.3) is 0 Å². The molecule has 0 atom stereocenters. The maximum atomic E-state index is 5.68.